The fourth-order valence-corrected chi connectivity index (χ4v) is 3.05. The van der Waals surface area contributed by atoms with E-state index in [1.54, 1.807) is 0 Å². The van der Waals surface area contributed by atoms with Gasteiger partial charge in [-0.25, -0.2) is 8.78 Å². The monoisotopic (exact) mass is 370 g/mol. The minimum Gasteiger partial charge on any atom is -0.403 e. The summed E-state index contributed by atoms with van der Waals surface area (Å²) < 4.78 is 74.6. The van der Waals surface area contributed by atoms with Gasteiger partial charge in [0.1, 0.15) is 5.82 Å². The lowest BCUT2D eigenvalue weighted by Gasteiger charge is -2.27. The highest BCUT2D eigenvalue weighted by molar-refractivity contribution is 5.24. The Kier molecular flexibility index (Phi) is 9.14. The Hall–Kier alpha value is -1.40. The zero-order valence-corrected chi connectivity index (χ0v) is 14.2. The third kappa shape index (κ3) is 9.02. The highest BCUT2D eigenvalue weighted by atomic mass is 19.4. The van der Waals surface area contributed by atoms with Gasteiger partial charge in [-0.15, -0.1) is 13.2 Å². The lowest BCUT2D eigenvalue weighted by atomic mass is 9.79. The zero-order valence-electron chi connectivity index (χ0n) is 14.2. The molecule has 0 amide bonds. The molecule has 1 aliphatic rings. The smallest absolute Gasteiger partial charge is 0.403 e. The second-order valence-corrected chi connectivity index (χ2v) is 6.28. The minimum atomic E-state index is -4.97. The van der Waals surface area contributed by atoms with Crippen molar-refractivity contribution in [1.29, 1.82) is 0 Å². The molecule has 0 bridgehead atoms. The van der Waals surface area contributed by atoms with E-state index < -0.39 is 23.7 Å². The van der Waals surface area contributed by atoms with Crippen molar-refractivity contribution in [3.8, 4) is 5.75 Å². The van der Waals surface area contributed by atoms with Crippen LogP contribution < -0.4 is 4.74 Å². The van der Waals surface area contributed by atoms with Gasteiger partial charge in [-0.05, 0) is 30.4 Å². The Morgan fingerprint density at radius 1 is 1.00 bits per heavy atom. The van der Waals surface area contributed by atoms with Crippen LogP contribution in [0.5, 0.6) is 5.75 Å². The van der Waals surface area contributed by atoms with Crippen molar-refractivity contribution in [2.24, 2.45) is 11.8 Å². The largest absolute Gasteiger partial charge is 0.573 e. The topological polar surface area (TPSA) is 9.23 Å². The van der Waals surface area contributed by atoms with Gasteiger partial charge in [0.05, 0.1) is 6.67 Å². The first kappa shape index (κ1) is 21.6. The van der Waals surface area contributed by atoms with Crippen molar-refractivity contribution >= 4 is 0 Å². The number of alkyl halides is 4. The second-order valence-electron chi connectivity index (χ2n) is 6.28. The van der Waals surface area contributed by atoms with Gasteiger partial charge in [-0.1, -0.05) is 45.4 Å². The predicted molar refractivity (Wildman–Crippen MR) is 84.0 cm³/mol. The fourth-order valence-electron chi connectivity index (χ4n) is 3.05. The summed E-state index contributed by atoms with van der Waals surface area (Å²) in [4.78, 5) is 0. The summed E-state index contributed by atoms with van der Waals surface area (Å²) in [6, 6.07) is 1.55. The molecule has 0 aliphatic heterocycles. The number of hydrogen-bond acceptors (Lipinski definition) is 1. The van der Waals surface area contributed by atoms with E-state index in [0.29, 0.717) is 24.1 Å². The molecule has 0 saturated heterocycles. The van der Waals surface area contributed by atoms with Crippen molar-refractivity contribution in [3.05, 3.63) is 29.8 Å². The SMILES string of the molecule is CCCC1CCC(CCF)CC1.Fc1ccc(OC(F)(F)F)c(F)c1. The molecule has 0 spiro atoms. The Labute approximate surface area is 144 Å². The number of halogens is 6. The molecule has 1 aromatic carbocycles. The number of benzene rings is 1. The lowest BCUT2D eigenvalue weighted by molar-refractivity contribution is -0.275. The molecular formula is C18H24F6O. The molecule has 2 rings (SSSR count). The van der Waals surface area contributed by atoms with E-state index in [2.05, 4.69) is 11.7 Å². The fraction of sp³-hybridized carbons (Fsp3) is 0.667. The van der Waals surface area contributed by atoms with E-state index in [1.807, 2.05) is 0 Å². The van der Waals surface area contributed by atoms with E-state index in [0.717, 1.165) is 12.3 Å². The van der Waals surface area contributed by atoms with Crippen molar-refractivity contribution in [2.45, 2.75) is 58.2 Å². The van der Waals surface area contributed by atoms with Crippen LogP contribution in [0.25, 0.3) is 0 Å². The Bertz CT molecular complexity index is 481. The first-order valence-corrected chi connectivity index (χ1v) is 8.52. The normalized spacial score (nSPS) is 20.6. The molecule has 1 nitrogen and oxygen atoms in total. The van der Waals surface area contributed by atoms with Crippen molar-refractivity contribution in [3.63, 3.8) is 0 Å². The number of hydrogen-bond donors (Lipinski definition) is 0. The summed E-state index contributed by atoms with van der Waals surface area (Å²) in [5.74, 6) is -1.73. The highest BCUT2D eigenvalue weighted by Crippen LogP contribution is 2.33. The maximum Gasteiger partial charge on any atom is 0.573 e. The molecule has 0 unspecified atom stereocenters. The summed E-state index contributed by atoms with van der Waals surface area (Å²) in [6.07, 6.45) is 3.85. The summed E-state index contributed by atoms with van der Waals surface area (Å²) >= 11 is 0. The quantitative estimate of drug-likeness (QED) is 0.517. The Morgan fingerprint density at radius 3 is 2.00 bits per heavy atom. The first-order chi connectivity index (χ1) is 11.7. The number of ether oxygens (including phenoxy) is 1. The van der Waals surface area contributed by atoms with Gasteiger partial charge in [0, 0.05) is 6.07 Å². The van der Waals surface area contributed by atoms with Crippen molar-refractivity contribution in [2.75, 3.05) is 6.67 Å². The van der Waals surface area contributed by atoms with E-state index in [4.69, 9.17) is 0 Å². The molecule has 0 radical (unpaired) electrons. The third-order valence-corrected chi connectivity index (χ3v) is 4.30. The molecule has 0 heterocycles. The minimum absolute atomic E-state index is 0.108. The highest BCUT2D eigenvalue weighted by Gasteiger charge is 2.32. The van der Waals surface area contributed by atoms with E-state index in [9.17, 15) is 26.3 Å². The molecule has 0 aromatic heterocycles. The van der Waals surface area contributed by atoms with Crippen molar-refractivity contribution in [1.82, 2.24) is 0 Å². The lowest BCUT2D eigenvalue weighted by Crippen LogP contribution is -2.17. The molecule has 1 fully saturated rings. The van der Waals surface area contributed by atoms with Crippen LogP contribution in [0.3, 0.4) is 0 Å². The molecule has 1 aromatic rings. The summed E-state index contributed by atoms with van der Waals surface area (Å²) in [5.41, 5.74) is 0. The summed E-state index contributed by atoms with van der Waals surface area (Å²) in [5, 5.41) is 0. The van der Waals surface area contributed by atoms with E-state index in [1.165, 1.54) is 38.5 Å². The maximum absolute atomic E-state index is 12.5. The van der Waals surface area contributed by atoms with Gasteiger partial charge in [0.25, 0.3) is 0 Å². The standard InChI is InChI=1S/C11H21F.C7H3F5O/c1-2-3-10-4-6-11(7-5-10)8-9-12;8-4-1-2-6(5(9)3-4)13-7(10,11)12/h10-11H,2-9H2,1H3;1-3H. The molecule has 1 aliphatic carbocycles. The van der Waals surface area contributed by atoms with Crippen LogP contribution in [0.2, 0.25) is 0 Å². The van der Waals surface area contributed by atoms with Crippen LogP contribution in [0.1, 0.15) is 51.9 Å². The van der Waals surface area contributed by atoms with Gasteiger partial charge in [-0.3, -0.25) is 4.39 Å². The molecule has 0 N–H and O–H groups in total. The Balaban J connectivity index is 0.000000251. The van der Waals surface area contributed by atoms with Crippen LogP contribution in [-0.2, 0) is 0 Å². The van der Waals surface area contributed by atoms with Gasteiger partial charge in [0.2, 0.25) is 0 Å². The molecule has 7 heteroatoms. The molecule has 1 saturated carbocycles. The zero-order chi connectivity index (χ0) is 18.9. The number of rotatable bonds is 5. The Morgan fingerprint density at radius 2 is 1.56 bits per heavy atom. The van der Waals surface area contributed by atoms with Crippen LogP contribution in [-0.4, -0.2) is 13.0 Å². The van der Waals surface area contributed by atoms with E-state index >= 15 is 0 Å². The molecule has 144 valence electrons. The van der Waals surface area contributed by atoms with Crippen LogP contribution >= 0.6 is 0 Å². The molecule has 25 heavy (non-hydrogen) atoms. The summed E-state index contributed by atoms with van der Waals surface area (Å²) in [6.45, 7) is 2.15. The maximum atomic E-state index is 12.5. The van der Waals surface area contributed by atoms with Crippen molar-refractivity contribution < 1.29 is 31.1 Å². The van der Waals surface area contributed by atoms with Gasteiger partial charge < -0.3 is 4.74 Å². The van der Waals surface area contributed by atoms with Crippen LogP contribution in [0.15, 0.2) is 18.2 Å². The second kappa shape index (κ2) is 10.6. The van der Waals surface area contributed by atoms with Gasteiger partial charge in [0.15, 0.2) is 11.6 Å². The predicted octanol–water partition coefficient (Wildman–Crippen LogP) is 6.82. The average Bonchev–Trinajstić information content (AvgIpc) is 2.52. The molecule has 0 atom stereocenters. The summed E-state index contributed by atoms with van der Waals surface area (Å²) in [7, 11) is 0. The van der Waals surface area contributed by atoms with Crippen LogP contribution in [0, 0.1) is 23.5 Å². The van der Waals surface area contributed by atoms with Crippen LogP contribution in [0.4, 0.5) is 26.3 Å². The van der Waals surface area contributed by atoms with Gasteiger partial charge in [-0.2, -0.15) is 0 Å². The van der Waals surface area contributed by atoms with E-state index in [-0.39, 0.29) is 6.67 Å². The third-order valence-electron chi connectivity index (χ3n) is 4.30. The first-order valence-electron chi connectivity index (χ1n) is 8.52. The average molecular weight is 370 g/mol. The van der Waals surface area contributed by atoms with Gasteiger partial charge >= 0.3 is 6.36 Å². The molecular weight excluding hydrogens is 346 g/mol.